The van der Waals surface area contributed by atoms with Crippen LogP contribution in [0, 0.1) is 11.6 Å². The molecule has 9 heteroatoms. The fraction of sp³-hybridized carbons (Fsp3) is 0.304. The van der Waals surface area contributed by atoms with Crippen LogP contribution in [0.1, 0.15) is 34.8 Å². The van der Waals surface area contributed by atoms with E-state index in [0.717, 1.165) is 5.57 Å². The predicted octanol–water partition coefficient (Wildman–Crippen LogP) is 3.26. The number of fused-ring (bicyclic) bond motifs is 1. The number of hydroxylamine groups is 2. The molecule has 0 saturated heterocycles. The number of benzene rings is 2. The molecule has 2 aromatic carbocycles. The maximum atomic E-state index is 15.0. The number of hydrogen-bond donors (Lipinski definition) is 2. The van der Waals surface area contributed by atoms with Gasteiger partial charge in [0.05, 0.1) is 18.7 Å². The van der Waals surface area contributed by atoms with Gasteiger partial charge in [-0.1, -0.05) is 25.1 Å². The molecule has 1 unspecified atom stereocenters. The summed E-state index contributed by atoms with van der Waals surface area (Å²) >= 11 is 0. The van der Waals surface area contributed by atoms with Gasteiger partial charge in [0, 0.05) is 19.2 Å². The van der Waals surface area contributed by atoms with Gasteiger partial charge < -0.3 is 15.4 Å². The SMILES string of the molecule is CCC1Oc2ccc(CN3CC=C(c4ccc(C(=O)NC)c(F)c4)CO3)c(F)c2NC1=O. The lowest BCUT2D eigenvalue weighted by Gasteiger charge is -2.28. The Labute approximate surface area is 183 Å². The molecule has 4 rings (SSSR count). The third-order valence-corrected chi connectivity index (χ3v) is 5.47. The second kappa shape index (κ2) is 9.05. The van der Waals surface area contributed by atoms with Crippen molar-refractivity contribution in [3.8, 4) is 5.75 Å². The summed E-state index contributed by atoms with van der Waals surface area (Å²) < 4.78 is 34.8. The second-order valence-electron chi connectivity index (χ2n) is 7.51. The molecule has 0 spiro atoms. The molecule has 2 heterocycles. The van der Waals surface area contributed by atoms with Crippen molar-refractivity contribution >= 4 is 23.1 Å². The molecule has 2 amide bonds. The monoisotopic (exact) mass is 443 g/mol. The van der Waals surface area contributed by atoms with Gasteiger partial charge in [-0.05, 0) is 35.8 Å². The van der Waals surface area contributed by atoms with Crippen LogP contribution in [0.4, 0.5) is 14.5 Å². The first kappa shape index (κ1) is 21.9. The summed E-state index contributed by atoms with van der Waals surface area (Å²) in [5.74, 6) is -1.73. The summed E-state index contributed by atoms with van der Waals surface area (Å²) in [5.41, 5.74) is 1.73. The standard InChI is InChI=1S/C23H23F2N3O4/c1-3-18-23(30)27-21-19(32-18)7-5-14(20(21)25)11-28-9-8-15(12-31-28)13-4-6-16(17(24)10-13)22(29)26-2/h4-8,10,18H,3,9,11-12H2,1-2H3,(H,26,29)(H,27,30). The summed E-state index contributed by atoms with van der Waals surface area (Å²) in [7, 11) is 1.44. The molecule has 0 fully saturated rings. The van der Waals surface area contributed by atoms with Crippen LogP contribution in [0.25, 0.3) is 5.57 Å². The van der Waals surface area contributed by atoms with Gasteiger partial charge >= 0.3 is 0 Å². The number of hydrogen-bond acceptors (Lipinski definition) is 5. The molecule has 2 aliphatic rings. The van der Waals surface area contributed by atoms with Crippen LogP contribution in [0.5, 0.6) is 5.75 Å². The predicted molar refractivity (Wildman–Crippen MR) is 114 cm³/mol. The van der Waals surface area contributed by atoms with E-state index < -0.39 is 23.6 Å². The summed E-state index contributed by atoms with van der Waals surface area (Å²) in [6, 6.07) is 7.63. The molecular weight excluding hydrogens is 420 g/mol. The number of rotatable bonds is 5. The number of amides is 2. The Morgan fingerprint density at radius 1 is 1.28 bits per heavy atom. The minimum absolute atomic E-state index is 0.0283. The van der Waals surface area contributed by atoms with Gasteiger partial charge in [0.15, 0.2) is 11.9 Å². The molecule has 0 aliphatic carbocycles. The molecule has 0 bridgehead atoms. The summed E-state index contributed by atoms with van der Waals surface area (Å²) in [4.78, 5) is 29.4. The van der Waals surface area contributed by atoms with Crippen LogP contribution in [0.15, 0.2) is 36.4 Å². The largest absolute Gasteiger partial charge is 0.478 e. The Bertz CT molecular complexity index is 1100. The van der Waals surface area contributed by atoms with Crippen LogP contribution in [0.3, 0.4) is 0 Å². The molecule has 2 aromatic rings. The number of ether oxygens (including phenoxy) is 1. The lowest BCUT2D eigenvalue weighted by Crippen LogP contribution is -2.37. The fourth-order valence-corrected chi connectivity index (χ4v) is 3.64. The molecule has 0 saturated carbocycles. The van der Waals surface area contributed by atoms with Crippen molar-refractivity contribution in [1.29, 1.82) is 0 Å². The Kier molecular flexibility index (Phi) is 6.20. The Balaban J connectivity index is 1.45. The third kappa shape index (κ3) is 4.21. The molecule has 7 nitrogen and oxygen atoms in total. The van der Waals surface area contributed by atoms with E-state index in [1.807, 2.05) is 13.0 Å². The van der Waals surface area contributed by atoms with Gasteiger partial charge in [-0.25, -0.2) is 8.78 Å². The van der Waals surface area contributed by atoms with Crippen LogP contribution < -0.4 is 15.4 Å². The lowest BCUT2D eigenvalue weighted by molar-refractivity contribution is -0.151. The van der Waals surface area contributed by atoms with Crippen LogP contribution in [-0.2, 0) is 16.2 Å². The fourth-order valence-electron chi connectivity index (χ4n) is 3.64. The summed E-state index contributed by atoms with van der Waals surface area (Å²) in [5, 5.41) is 6.55. The van der Waals surface area contributed by atoms with E-state index in [9.17, 15) is 18.4 Å². The normalized spacial score (nSPS) is 18.3. The Hall–Kier alpha value is -3.30. The average molecular weight is 443 g/mol. The van der Waals surface area contributed by atoms with Gasteiger partial charge in [0.1, 0.15) is 17.3 Å². The molecule has 2 aliphatic heterocycles. The average Bonchev–Trinajstić information content (AvgIpc) is 2.81. The first-order chi connectivity index (χ1) is 15.4. The van der Waals surface area contributed by atoms with E-state index in [0.29, 0.717) is 29.8 Å². The van der Waals surface area contributed by atoms with Gasteiger partial charge in [0.25, 0.3) is 11.8 Å². The zero-order chi connectivity index (χ0) is 22.8. The van der Waals surface area contributed by atoms with Crippen molar-refractivity contribution in [3.63, 3.8) is 0 Å². The molecule has 2 N–H and O–H groups in total. The minimum Gasteiger partial charge on any atom is -0.478 e. The van der Waals surface area contributed by atoms with Crippen molar-refractivity contribution in [3.05, 3.63) is 64.7 Å². The summed E-state index contributed by atoms with van der Waals surface area (Å²) in [6.45, 7) is 2.49. The van der Waals surface area contributed by atoms with Crippen LogP contribution >= 0.6 is 0 Å². The highest BCUT2D eigenvalue weighted by Gasteiger charge is 2.29. The van der Waals surface area contributed by atoms with Crippen molar-refractivity contribution in [2.75, 3.05) is 25.5 Å². The highest BCUT2D eigenvalue weighted by Crippen LogP contribution is 2.35. The van der Waals surface area contributed by atoms with Gasteiger partial charge in [-0.3, -0.25) is 14.4 Å². The minimum atomic E-state index is -0.628. The van der Waals surface area contributed by atoms with E-state index in [1.165, 1.54) is 19.2 Å². The zero-order valence-electron chi connectivity index (χ0n) is 17.7. The van der Waals surface area contributed by atoms with Crippen molar-refractivity contribution in [2.24, 2.45) is 0 Å². The quantitative estimate of drug-likeness (QED) is 0.742. The zero-order valence-corrected chi connectivity index (χ0v) is 17.7. The first-order valence-electron chi connectivity index (χ1n) is 10.3. The molecule has 0 radical (unpaired) electrons. The molecule has 32 heavy (non-hydrogen) atoms. The number of halogens is 2. The highest BCUT2D eigenvalue weighted by molar-refractivity contribution is 5.98. The Morgan fingerprint density at radius 2 is 2.09 bits per heavy atom. The number of carbonyl (C=O) groups excluding carboxylic acids is 2. The highest BCUT2D eigenvalue weighted by atomic mass is 19.1. The van der Waals surface area contributed by atoms with Gasteiger partial charge in [-0.2, -0.15) is 5.06 Å². The van der Waals surface area contributed by atoms with Crippen LogP contribution in [0.2, 0.25) is 0 Å². The van der Waals surface area contributed by atoms with E-state index in [4.69, 9.17) is 9.57 Å². The number of nitrogens with zero attached hydrogens (tertiary/aromatic N) is 1. The molecule has 168 valence electrons. The smallest absolute Gasteiger partial charge is 0.265 e. The lowest BCUT2D eigenvalue weighted by atomic mass is 10.0. The van der Waals surface area contributed by atoms with Gasteiger partial charge in [-0.15, -0.1) is 0 Å². The maximum Gasteiger partial charge on any atom is 0.265 e. The van der Waals surface area contributed by atoms with Crippen molar-refractivity contribution < 1.29 is 27.9 Å². The van der Waals surface area contributed by atoms with Crippen LogP contribution in [-0.4, -0.2) is 43.2 Å². The number of nitrogens with one attached hydrogen (secondary N) is 2. The van der Waals surface area contributed by atoms with Crippen molar-refractivity contribution in [2.45, 2.75) is 26.0 Å². The second-order valence-corrected chi connectivity index (χ2v) is 7.51. The molecule has 0 aromatic heterocycles. The Morgan fingerprint density at radius 3 is 2.75 bits per heavy atom. The summed E-state index contributed by atoms with van der Waals surface area (Å²) in [6.07, 6.45) is 1.73. The third-order valence-electron chi connectivity index (χ3n) is 5.47. The molecule has 1 atom stereocenters. The van der Waals surface area contributed by atoms with Gasteiger partial charge in [0.2, 0.25) is 0 Å². The maximum absolute atomic E-state index is 15.0. The van der Waals surface area contributed by atoms with E-state index >= 15 is 0 Å². The topological polar surface area (TPSA) is 79.9 Å². The van der Waals surface area contributed by atoms with E-state index in [-0.39, 0.29) is 30.3 Å². The number of carbonyl (C=O) groups is 2. The molecular formula is C23H23F2N3O4. The van der Waals surface area contributed by atoms with Crippen molar-refractivity contribution in [1.82, 2.24) is 10.4 Å². The number of anilines is 1. The van der Waals surface area contributed by atoms with E-state index in [2.05, 4.69) is 10.6 Å². The first-order valence-corrected chi connectivity index (χ1v) is 10.3. The van der Waals surface area contributed by atoms with E-state index in [1.54, 1.807) is 23.3 Å².